The summed E-state index contributed by atoms with van der Waals surface area (Å²) < 4.78 is 6.49. The lowest BCUT2D eigenvalue weighted by atomic mass is 10.2. The van der Waals surface area contributed by atoms with Crippen LogP contribution in [0.2, 0.25) is 0 Å². The number of anilines is 1. The predicted octanol–water partition coefficient (Wildman–Crippen LogP) is 2.18. The third kappa shape index (κ3) is 4.89. The van der Waals surface area contributed by atoms with Crippen LogP contribution in [0.4, 0.5) is 5.82 Å². The molecule has 0 aliphatic carbocycles. The monoisotopic (exact) mass is 488 g/mol. The van der Waals surface area contributed by atoms with E-state index in [2.05, 4.69) is 9.80 Å². The molecule has 0 atom stereocenters. The number of benzene rings is 1. The van der Waals surface area contributed by atoms with Crippen molar-refractivity contribution in [2.45, 2.75) is 6.54 Å². The molecule has 2 aliphatic heterocycles. The number of thiazole rings is 1. The van der Waals surface area contributed by atoms with E-state index in [4.69, 9.17) is 31.3 Å². The molecule has 174 valence electrons. The quantitative estimate of drug-likeness (QED) is 0.546. The highest BCUT2D eigenvalue weighted by Crippen LogP contribution is 2.33. The second-order valence-electron chi connectivity index (χ2n) is 8.07. The van der Waals surface area contributed by atoms with E-state index in [0.29, 0.717) is 44.3 Å². The summed E-state index contributed by atoms with van der Waals surface area (Å²) in [5.41, 5.74) is 1.42. The van der Waals surface area contributed by atoms with Gasteiger partial charge in [-0.2, -0.15) is 0 Å². The number of rotatable bonds is 5. The fraction of sp³-hybridized carbons (Fsp3) is 0.455. The molecule has 11 heteroatoms. The number of phenols is 1. The van der Waals surface area contributed by atoms with E-state index >= 15 is 0 Å². The summed E-state index contributed by atoms with van der Waals surface area (Å²) in [6.45, 7) is 6.46. The minimum absolute atomic E-state index is 0.0128. The van der Waals surface area contributed by atoms with Gasteiger partial charge in [-0.15, -0.1) is 22.9 Å². The SMILES string of the molecule is O=C(CCl)N1CCN(Cc2nc3nc(-c4cccc(O)c4)nc(N4CCOCC4)c3s2)CC1. The highest BCUT2D eigenvalue weighted by Gasteiger charge is 2.24. The van der Waals surface area contributed by atoms with Crippen LogP contribution >= 0.6 is 22.9 Å². The summed E-state index contributed by atoms with van der Waals surface area (Å²) in [5, 5.41) is 10.9. The number of fused-ring (bicyclic) bond motifs is 1. The maximum Gasteiger partial charge on any atom is 0.237 e. The van der Waals surface area contributed by atoms with E-state index in [1.165, 1.54) is 0 Å². The second-order valence-corrected chi connectivity index (χ2v) is 9.42. The maximum absolute atomic E-state index is 11.8. The molecule has 2 aromatic heterocycles. The summed E-state index contributed by atoms with van der Waals surface area (Å²) in [6.07, 6.45) is 0. The molecule has 1 N–H and O–H groups in total. The van der Waals surface area contributed by atoms with Gasteiger partial charge >= 0.3 is 0 Å². The highest BCUT2D eigenvalue weighted by atomic mass is 35.5. The Hall–Kier alpha value is -2.53. The van der Waals surface area contributed by atoms with Gasteiger partial charge < -0.3 is 19.6 Å². The average Bonchev–Trinajstić information content (AvgIpc) is 3.26. The van der Waals surface area contributed by atoms with Crippen molar-refractivity contribution in [2.24, 2.45) is 0 Å². The minimum atomic E-state index is -0.0128. The Morgan fingerprint density at radius 2 is 1.88 bits per heavy atom. The van der Waals surface area contributed by atoms with Gasteiger partial charge in [-0.3, -0.25) is 9.69 Å². The number of alkyl halides is 1. The molecule has 3 aromatic rings. The summed E-state index contributed by atoms with van der Waals surface area (Å²) in [4.78, 5) is 32.6. The number of ether oxygens (including phenoxy) is 1. The van der Waals surface area contributed by atoms with Gasteiger partial charge in [0, 0.05) is 44.8 Å². The van der Waals surface area contributed by atoms with Crippen LogP contribution in [-0.4, -0.2) is 94.1 Å². The number of aromatic nitrogens is 3. The number of carbonyl (C=O) groups is 1. The molecule has 1 amide bonds. The number of morpholine rings is 1. The normalized spacial score (nSPS) is 17.6. The van der Waals surface area contributed by atoms with Gasteiger partial charge in [0.1, 0.15) is 21.3 Å². The molecule has 0 bridgehead atoms. The van der Waals surface area contributed by atoms with Crippen LogP contribution in [0, 0.1) is 0 Å². The first-order valence-electron chi connectivity index (χ1n) is 11.0. The summed E-state index contributed by atoms with van der Waals surface area (Å²) in [6, 6.07) is 6.97. The maximum atomic E-state index is 11.8. The molecule has 9 nitrogen and oxygen atoms in total. The molecule has 0 spiro atoms. The lowest BCUT2D eigenvalue weighted by molar-refractivity contribution is -0.130. The van der Waals surface area contributed by atoms with E-state index in [-0.39, 0.29) is 17.5 Å². The fourth-order valence-electron chi connectivity index (χ4n) is 4.12. The smallest absolute Gasteiger partial charge is 0.237 e. The number of halogens is 1. The number of hydrogen-bond acceptors (Lipinski definition) is 9. The van der Waals surface area contributed by atoms with Crippen LogP contribution in [-0.2, 0) is 16.1 Å². The van der Waals surface area contributed by atoms with Crippen LogP contribution in [0.5, 0.6) is 5.75 Å². The van der Waals surface area contributed by atoms with Gasteiger partial charge in [0.2, 0.25) is 5.91 Å². The number of amides is 1. The predicted molar refractivity (Wildman–Crippen MR) is 128 cm³/mol. The molecule has 0 unspecified atom stereocenters. The zero-order valence-corrected chi connectivity index (χ0v) is 19.7. The molecule has 0 saturated carbocycles. The lowest BCUT2D eigenvalue weighted by Crippen LogP contribution is -2.48. The van der Waals surface area contributed by atoms with Crippen LogP contribution in [0.25, 0.3) is 21.7 Å². The first-order valence-corrected chi connectivity index (χ1v) is 12.3. The van der Waals surface area contributed by atoms with Crippen molar-refractivity contribution in [3.8, 4) is 17.1 Å². The fourth-order valence-corrected chi connectivity index (χ4v) is 5.35. The minimum Gasteiger partial charge on any atom is -0.508 e. The van der Waals surface area contributed by atoms with E-state index in [9.17, 15) is 9.90 Å². The Balaban J connectivity index is 1.44. The Labute approximate surface area is 200 Å². The third-order valence-electron chi connectivity index (χ3n) is 5.89. The van der Waals surface area contributed by atoms with E-state index in [1.807, 2.05) is 11.0 Å². The standard InChI is InChI=1S/C22H25ClN6O3S/c23-13-18(31)28-6-4-27(5-7-28)14-17-24-21-19(33-17)22(29-8-10-32-11-9-29)26-20(25-21)15-2-1-3-16(30)12-15/h1-3,12,30H,4-11,13-14H2. The Bertz CT molecular complexity index is 1140. The van der Waals surface area contributed by atoms with Gasteiger partial charge in [-0.05, 0) is 12.1 Å². The average molecular weight is 489 g/mol. The van der Waals surface area contributed by atoms with Crippen molar-refractivity contribution >= 4 is 45.0 Å². The number of hydrogen-bond donors (Lipinski definition) is 1. The molecule has 2 fully saturated rings. The third-order valence-corrected chi connectivity index (χ3v) is 7.15. The molecule has 5 rings (SSSR count). The van der Waals surface area contributed by atoms with Crippen LogP contribution in [0.15, 0.2) is 24.3 Å². The lowest BCUT2D eigenvalue weighted by Gasteiger charge is -2.33. The molecule has 0 radical (unpaired) electrons. The van der Waals surface area contributed by atoms with E-state index < -0.39 is 0 Å². The van der Waals surface area contributed by atoms with Crippen molar-refractivity contribution in [1.29, 1.82) is 0 Å². The van der Waals surface area contributed by atoms with E-state index in [1.54, 1.807) is 29.5 Å². The van der Waals surface area contributed by atoms with Crippen LogP contribution in [0.3, 0.4) is 0 Å². The van der Waals surface area contributed by atoms with Crippen molar-refractivity contribution in [1.82, 2.24) is 24.8 Å². The van der Waals surface area contributed by atoms with Crippen molar-refractivity contribution < 1.29 is 14.6 Å². The number of nitrogens with zero attached hydrogens (tertiary/aromatic N) is 6. The Morgan fingerprint density at radius 1 is 1.09 bits per heavy atom. The highest BCUT2D eigenvalue weighted by molar-refractivity contribution is 7.19. The second kappa shape index (κ2) is 9.76. The first kappa shape index (κ1) is 22.3. The van der Waals surface area contributed by atoms with Crippen molar-refractivity contribution in [2.75, 3.05) is 63.3 Å². The number of carbonyl (C=O) groups excluding carboxylic acids is 1. The van der Waals surface area contributed by atoms with Gasteiger partial charge in [0.25, 0.3) is 0 Å². The molecule has 33 heavy (non-hydrogen) atoms. The zero-order chi connectivity index (χ0) is 22.8. The Kier molecular flexibility index (Phi) is 6.59. The van der Waals surface area contributed by atoms with Gasteiger partial charge in [0.15, 0.2) is 17.3 Å². The molecule has 2 saturated heterocycles. The molecule has 4 heterocycles. The number of aromatic hydroxyl groups is 1. The molecule has 1 aromatic carbocycles. The number of piperazine rings is 1. The van der Waals surface area contributed by atoms with Gasteiger partial charge in [-0.1, -0.05) is 12.1 Å². The summed E-state index contributed by atoms with van der Waals surface area (Å²) in [5.74, 6) is 1.60. The Morgan fingerprint density at radius 3 is 2.61 bits per heavy atom. The largest absolute Gasteiger partial charge is 0.508 e. The van der Waals surface area contributed by atoms with Crippen LogP contribution < -0.4 is 4.90 Å². The topological polar surface area (TPSA) is 94.9 Å². The molecular weight excluding hydrogens is 464 g/mol. The molecule has 2 aliphatic rings. The van der Waals surface area contributed by atoms with Gasteiger partial charge in [0.05, 0.1) is 19.8 Å². The van der Waals surface area contributed by atoms with Crippen LogP contribution in [0.1, 0.15) is 5.01 Å². The number of phenolic OH excluding ortho intramolecular Hbond substituents is 1. The van der Waals surface area contributed by atoms with Crippen molar-refractivity contribution in [3.63, 3.8) is 0 Å². The van der Waals surface area contributed by atoms with Crippen molar-refractivity contribution in [3.05, 3.63) is 29.3 Å². The first-order chi connectivity index (χ1) is 16.1. The van der Waals surface area contributed by atoms with Gasteiger partial charge in [-0.25, -0.2) is 15.0 Å². The zero-order valence-electron chi connectivity index (χ0n) is 18.1. The van der Waals surface area contributed by atoms with E-state index in [0.717, 1.165) is 47.3 Å². The molecular formula is C22H25ClN6O3S. The summed E-state index contributed by atoms with van der Waals surface area (Å²) >= 11 is 7.31. The summed E-state index contributed by atoms with van der Waals surface area (Å²) in [7, 11) is 0.